The first-order chi connectivity index (χ1) is 13.3. The van der Waals surface area contributed by atoms with Gasteiger partial charge in [0.2, 0.25) is 0 Å². The monoisotopic (exact) mass is 398 g/mol. The van der Waals surface area contributed by atoms with Crippen molar-refractivity contribution in [2.24, 2.45) is 4.99 Å². The van der Waals surface area contributed by atoms with E-state index in [1.807, 2.05) is 0 Å². The summed E-state index contributed by atoms with van der Waals surface area (Å²) in [5.41, 5.74) is -0.109. The standard InChI is InChI=1S/C20H29F3N4O/c1-14(26(3)17-7-8-17)12-25-19(24-2)27-9-10-28-18(13-27)15-5-4-6-16(11-15)20(21,22)23/h4-6,11,14,17-18H,7-10,12-13H2,1-3H3,(H,24,25). The summed E-state index contributed by atoms with van der Waals surface area (Å²) >= 11 is 0. The fourth-order valence-corrected chi connectivity index (χ4v) is 3.52. The van der Waals surface area contributed by atoms with Gasteiger partial charge in [-0.2, -0.15) is 13.2 Å². The van der Waals surface area contributed by atoms with Crippen LogP contribution in [-0.2, 0) is 10.9 Å². The van der Waals surface area contributed by atoms with E-state index >= 15 is 0 Å². The van der Waals surface area contributed by atoms with Gasteiger partial charge in [0.25, 0.3) is 0 Å². The maximum atomic E-state index is 13.0. The van der Waals surface area contributed by atoms with Crippen LogP contribution in [0.2, 0.25) is 0 Å². The summed E-state index contributed by atoms with van der Waals surface area (Å²) < 4.78 is 44.8. The molecule has 2 unspecified atom stereocenters. The molecule has 28 heavy (non-hydrogen) atoms. The number of guanidine groups is 1. The fourth-order valence-electron chi connectivity index (χ4n) is 3.52. The van der Waals surface area contributed by atoms with Crippen LogP contribution in [0.5, 0.6) is 0 Å². The van der Waals surface area contributed by atoms with Crippen LogP contribution >= 0.6 is 0 Å². The van der Waals surface area contributed by atoms with Gasteiger partial charge in [0, 0.05) is 32.2 Å². The molecule has 1 aliphatic carbocycles. The number of aliphatic imine (C=N–C) groups is 1. The van der Waals surface area contributed by atoms with Crippen molar-refractivity contribution < 1.29 is 17.9 Å². The molecule has 156 valence electrons. The van der Waals surface area contributed by atoms with Gasteiger partial charge < -0.3 is 15.0 Å². The van der Waals surface area contributed by atoms with E-state index in [1.54, 1.807) is 13.1 Å². The number of hydrogen-bond donors (Lipinski definition) is 1. The summed E-state index contributed by atoms with van der Waals surface area (Å²) in [6.45, 7) is 4.52. The molecule has 5 nitrogen and oxygen atoms in total. The highest BCUT2D eigenvalue weighted by Crippen LogP contribution is 2.32. The average molecular weight is 398 g/mol. The van der Waals surface area contributed by atoms with E-state index in [2.05, 4.69) is 34.1 Å². The number of alkyl halides is 3. The second-order valence-electron chi connectivity index (χ2n) is 7.60. The molecule has 2 atom stereocenters. The van der Waals surface area contributed by atoms with E-state index in [-0.39, 0.29) is 0 Å². The molecule has 0 spiro atoms. The summed E-state index contributed by atoms with van der Waals surface area (Å²) in [4.78, 5) is 8.80. The number of ether oxygens (including phenoxy) is 1. The highest BCUT2D eigenvalue weighted by atomic mass is 19.4. The van der Waals surface area contributed by atoms with Crippen molar-refractivity contribution in [1.82, 2.24) is 15.1 Å². The Kier molecular flexibility index (Phi) is 6.50. The number of halogens is 3. The zero-order valence-electron chi connectivity index (χ0n) is 16.7. The van der Waals surface area contributed by atoms with Gasteiger partial charge in [0.05, 0.1) is 18.7 Å². The molecule has 1 saturated carbocycles. The molecule has 2 fully saturated rings. The molecule has 1 N–H and O–H groups in total. The van der Waals surface area contributed by atoms with Crippen molar-refractivity contribution in [3.63, 3.8) is 0 Å². The van der Waals surface area contributed by atoms with E-state index < -0.39 is 17.8 Å². The Hall–Kier alpha value is -1.80. The lowest BCUT2D eigenvalue weighted by Gasteiger charge is -2.36. The van der Waals surface area contributed by atoms with Gasteiger partial charge in [-0.05, 0) is 44.5 Å². The largest absolute Gasteiger partial charge is 0.416 e. The molecule has 0 amide bonds. The summed E-state index contributed by atoms with van der Waals surface area (Å²) in [7, 11) is 3.87. The number of nitrogens with zero attached hydrogens (tertiary/aromatic N) is 3. The zero-order chi connectivity index (χ0) is 20.3. The number of rotatable bonds is 5. The van der Waals surface area contributed by atoms with Crippen LogP contribution in [0.1, 0.15) is 37.0 Å². The third-order valence-corrected chi connectivity index (χ3v) is 5.54. The summed E-state index contributed by atoms with van der Waals surface area (Å²) in [5, 5.41) is 3.41. The lowest BCUT2D eigenvalue weighted by Crippen LogP contribution is -2.51. The van der Waals surface area contributed by atoms with Crippen molar-refractivity contribution in [1.29, 1.82) is 0 Å². The van der Waals surface area contributed by atoms with Gasteiger partial charge in [-0.25, -0.2) is 0 Å². The number of nitrogens with one attached hydrogen (secondary N) is 1. The Labute approximate surface area is 164 Å². The first kappa shape index (κ1) is 20.9. The summed E-state index contributed by atoms with van der Waals surface area (Å²) in [6.07, 6.45) is -2.25. The third-order valence-electron chi connectivity index (χ3n) is 5.54. The van der Waals surface area contributed by atoms with Crippen LogP contribution in [0.3, 0.4) is 0 Å². The van der Waals surface area contributed by atoms with Crippen LogP contribution in [-0.4, -0.2) is 68.2 Å². The first-order valence-corrected chi connectivity index (χ1v) is 9.76. The zero-order valence-corrected chi connectivity index (χ0v) is 16.7. The van der Waals surface area contributed by atoms with Gasteiger partial charge in [-0.15, -0.1) is 0 Å². The lowest BCUT2D eigenvalue weighted by atomic mass is 10.0. The van der Waals surface area contributed by atoms with Gasteiger partial charge in [-0.1, -0.05) is 12.1 Å². The lowest BCUT2D eigenvalue weighted by molar-refractivity contribution is -0.137. The van der Waals surface area contributed by atoms with E-state index in [9.17, 15) is 13.2 Å². The molecule has 0 aromatic heterocycles. The first-order valence-electron chi connectivity index (χ1n) is 9.76. The molecule has 3 rings (SSSR count). The normalized spacial score (nSPS) is 22.5. The Morgan fingerprint density at radius 2 is 2.14 bits per heavy atom. The minimum absolute atomic E-state index is 0.379. The van der Waals surface area contributed by atoms with Crippen LogP contribution in [0.15, 0.2) is 29.3 Å². The molecule has 2 aliphatic rings. The smallest absolute Gasteiger partial charge is 0.370 e. The molecule has 1 aliphatic heterocycles. The van der Waals surface area contributed by atoms with E-state index in [1.165, 1.54) is 25.0 Å². The Balaban J connectivity index is 1.61. The molecule has 0 radical (unpaired) electrons. The molecule has 0 bridgehead atoms. The van der Waals surface area contributed by atoms with Crippen molar-refractivity contribution in [3.8, 4) is 0 Å². The number of likely N-dealkylation sites (N-methyl/N-ethyl adjacent to an activating group) is 1. The SMILES string of the molecule is CN=C(NCC(C)N(C)C1CC1)N1CCOC(c2cccc(C(F)(F)F)c2)C1. The molecule has 1 saturated heterocycles. The molecular formula is C20H29F3N4O. The van der Waals surface area contributed by atoms with E-state index in [4.69, 9.17) is 4.74 Å². The molecule has 1 heterocycles. The van der Waals surface area contributed by atoms with Crippen molar-refractivity contribution in [2.75, 3.05) is 40.3 Å². The van der Waals surface area contributed by atoms with Crippen molar-refractivity contribution in [2.45, 2.75) is 44.1 Å². The maximum absolute atomic E-state index is 13.0. The van der Waals surface area contributed by atoms with Gasteiger partial charge in [0.15, 0.2) is 5.96 Å². The van der Waals surface area contributed by atoms with E-state index in [0.717, 1.165) is 18.6 Å². The van der Waals surface area contributed by atoms with Crippen molar-refractivity contribution in [3.05, 3.63) is 35.4 Å². The Morgan fingerprint density at radius 3 is 2.79 bits per heavy atom. The Bertz CT molecular complexity index is 690. The molecule has 8 heteroatoms. The van der Waals surface area contributed by atoms with Crippen LogP contribution in [0.4, 0.5) is 13.2 Å². The van der Waals surface area contributed by atoms with Crippen LogP contribution in [0, 0.1) is 0 Å². The molecular weight excluding hydrogens is 369 g/mol. The summed E-state index contributed by atoms with van der Waals surface area (Å²) in [6, 6.07) is 6.45. The predicted octanol–water partition coefficient (Wildman–Crippen LogP) is 3.14. The summed E-state index contributed by atoms with van der Waals surface area (Å²) in [5.74, 6) is 0.760. The van der Waals surface area contributed by atoms with Crippen molar-refractivity contribution >= 4 is 5.96 Å². The number of morpholine rings is 1. The third kappa shape index (κ3) is 5.17. The predicted molar refractivity (Wildman–Crippen MR) is 103 cm³/mol. The second-order valence-corrected chi connectivity index (χ2v) is 7.60. The van der Waals surface area contributed by atoms with E-state index in [0.29, 0.717) is 37.3 Å². The minimum atomic E-state index is -4.36. The number of benzene rings is 1. The van der Waals surface area contributed by atoms with Gasteiger partial charge in [0.1, 0.15) is 6.10 Å². The maximum Gasteiger partial charge on any atom is 0.416 e. The number of hydrogen-bond acceptors (Lipinski definition) is 3. The van der Waals surface area contributed by atoms with Gasteiger partial charge >= 0.3 is 6.18 Å². The molecule has 1 aromatic carbocycles. The fraction of sp³-hybridized carbons (Fsp3) is 0.650. The molecule has 1 aromatic rings. The second kappa shape index (κ2) is 8.69. The van der Waals surface area contributed by atoms with Gasteiger partial charge in [-0.3, -0.25) is 9.89 Å². The highest BCUT2D eigenvalue weighted by molar-refractivity contribution is 5.80. The minimum Gasteiger partial charge on any atom is -0.370 e. The topological polar surface area (TPSA) is 40.1 Å². The quantitative estimate of drug-likeness (QED) is 0.611. The Morgan fingerprint density at radius 1 is 1.39 bits per heavy atom. The highest BCUT2D eigenvalue weighted by Gasteiger charge is 2.32. The van der Waals surface area contributed by atoms with Crippen LogP contribution in [0.25, 0.3) is 0 Å². The van der Waals surface area contributed by atoms with Crippen LogP contribution < -0.4 is 5.32 Å². The average Bonchev–Trinajstić information content (AvgIpc) is 3.52.